The molecule has 0 saturated carbocycles. The van der Waals surface area contributed by atoms with Gasteiger partial charge in [-0.15, -0.1) is 0 Å². The number of allylic oxidation sites excluding steroid dienone is 2. The summed E-state index contributed by atoms with van der Waals surface area (Å²) in [5.74, 6) is -1.53. The summed E-state index contributed by atoms with van der Waals surface area (Å²) in [4.78, 5) is 24.4. The Labute approximate surface area is 169 Å². The maximum atomic E-state index is 12.2. The van der Waals surface area contributed by atoms with Gasteiger partial charge >= 0.3 is 29.6 Å². The molecule has 0 heterocycles. The molecule has 0 spiro atoms. The van der Waals surface area contributed by atoms with Gasteiger partial charge in [-0.25, -0.2) is 0 Å². The second kappa shape index (κ2) is 7.57. The van der Waals surface area contributed by atoms with Gasteiger partial charge < -0.3 is 5.11 Å². The van der Waals surface area contributed by atoms with E-state index >= 15 is 0 Å². The number of Topliss-reactive ketones (excluding diaryl/α,β-unsaturated/α-hetero) is 1. The molecule has 0 radical (unpaired) electrons. The van der Waals surface area contributed by atoms with E-state index in [1.807, 2.05) is 24.3 Å². The summed E-state index contributed by atoms with van der Waals surface area (Å²) < 4.78 is 1.09. The van der Waals surface area contributed by atoms with Gasteiger partial charge in [0.1, 0.15) is 0 Å². The SMILES string of the molecule is O=C(C=Cc1ccc(I)cc1)C1=C([O-])c2ccccc2C1=O.[Na+]. The molecule has 3 rings (SSSR count). The van der Waals surface area contributed by atoms with Crippen LogP contribution in [-0.2, 0) is 4.79 Å². The number of ketones is 2. The van der Waals surface area contributed by atoms with Crippen LogP contribution in [-0.4, -0.2) is 11.6 Å². The predicted molar refractivity (Wildman–Crippen MR) is 90.9 cm³/mol. The van der Waals surface area contributed by atoms with Gasteiger partial charge in [0.05, 0.1) is 5.57 Å². The molecule has 0 aliphatic heterocycles. The van der Waals surface area contributed by atoms with E-state index in [-0.39, 0.29) is 35.1 Å². The monoisotopic (exact) mass is 424 g/mol. The maximum absolute atomic E-state index is 12.2. The maximum Gasteiger partial charge on any atom is 1.00 e. The van der Waals surface area contributed by atoms with Crippen LogP contribution in [0.1, 0.15) is 21.5 Å². The Balaban J connectivity index is 0.00000192. The summed E-state index contributed by atoms with van der Waals surface area (Å²) in [6.45, 7) is 0. The molecule has 0 unspecified atom stereocenters. The van der Waals surface area contributed by atoms with Crippen LogP contribution in [0.2, 0.25) is 0 Å². The van der Waals surface area contributed by atoms with Crippen molar-refractivity contribution in [2.45, 2.75) is 0 Å². The molecule has 108 valence electrons. The molecule has 23 heavy (non-hydrogen) atoms. The number of hydrogen-bond donors (Lipinski definition) is 0. The quantitative estimate of drug-likeness (QED) is 0.298. The molecule has 1 aliphatic carbocycles. The minimum absolute atomic E-state index is 0. The van der Waals surface area contributed by atoms with E-state index in [4.69, 9.17) is 0 Å². The largest absolute Gasteiger partial charge is 1.00 e. The van der Waals surface area contributed by atoms with Crippen molar-refractivity contribution in [2.24, 2.45) is 0 Å². The van der Waals surface area contributed by atoms with Crippen molar-refractivity contribution < 1.29 is 44.3 Å². The van der Waals surface area contributed by atoms with Crippen molar-refractivity contribution in [1.82, 2.24) is 0 Å². The van der Waals surface area contributed by atoms with Crippen LogP contribution in [0.15, 0.2) is 60.2 Å². The van der Waals surface area contributed by atoms with E-state index in [0.717, 1.165) is 9.13 Å². The first kappa shape index (κ1) is 18.1. The zero-order chi connectivity index (χ0) is 15.7. The first-order valence-corrected chi connectivity index (χ1v) is 7.69. The van der Waals surface area contributed by atoms with Crippen molar-refractivity contribution in [3.05, 3.63) is 80.4 Å². The molecular weight excluding hydrogens is 414 g/mol. The summed E-state index contributed by atoms with van der Waals surface area (Å²) in [6, 6.07) is 14.1. The second-order valence-electron chi connectivity index (χ2n) is 4.83. The molecule has 0 saturated heterocycles. The van der Waals surface area contributed by atoms with E-state index in [0.29, 0.717) is 11.1 Å². The van der Waals surface area contributed by atoms with Crippen LogP contribution in [0.5, 0.6) is 0 Å². The van der Waals surface area contributed by atoms with E-state index in [1.165, 1.54) is 6.08 Å². The molecule has 5 heteroatoms. The minimum Gasteiger partial charge on any atom is -0.871 e. The number of carbonyl (C=O) groups is 2. The molecule has 2 aromatic carbocycles. The van der Waals surface area contributed by atoms with Crippen molar-refractivity contribution in [1.29, 1.82) is 0 Å². The Hall–Kier alpha value is -1.21. The van der Waals surface area contributed by atoms with E-state index in [2.05, 4.69) is 22.6 Å². The Morgan fingerprint density at radius 1 is 1.00 bits per heavy atom. The molecule has 0 N–H and O–H groups in total. The van der Waals surface area contributed by atoms with Crippen LogP contribution in [0, 0.1) is 3.57 Å². The van der Waals surface area contributed by atoms with Crippen LogP contribution in [0.25, 0.3) is 11.8 Å². The van der Waals surface area contributed by atoms with Gasteiger partial charge in [-0.1, -0.05) is 48.2 Å². The van der Waals surface area contributed by atoms with Gasteiger partial charge in [-0.2, -0.15) is 0 Å². The van der Waals surface area contributed by atoms with Crippen molar-refractivity contribution in [2.75, 3.05) is 0 Å². The number of halogens is 1. The number of carbonyl (C=O) groups excluding carboxylic acids is 2. The van der Waals surface area contributed by atoms with E-state index in [1.54, 1.807) is 30.3 Å². The summed E-state index contributed by atoms with van der Waals surface area (Å²) in [5, 5.41) is 12.2. The average Bonchev–Trinajstić information content (AvgIpc) is 2.79. The first-order chi connectivity index (χ1) is 10.6. The summed E-state index contributed by atoms with van der Waals surface area (Å²) in [5.41, 5.74) is 1.17. The van der Waals surface area contributed by atoms with Gasteiger partial charge in [0.15, 0.2) is 11.6 Å². The van der Waals surface area contributed by atoms with Crippen LogP contribution in [0.4, 0.5) is 0 Å². The molecule has 2 aromatic rings. The van der Waals surface area contributed by atoms with Crippen molar-refractivity contribution >= 4 is 46.0 Å². The molecule has 0 bridgehead atoms. The van der Waals surface area contributed by atoms with Gasteiger partial charge in [0, 0.05) is 9.13 Å². The number of hydrogen-bond acceptors (Lipinski definition) is 3. The third kappa shape index (κ3) is 3.66. The zero-order valence-electron chi connectivity index (χ0n) is 12.4. The topological polar surface area (TPSA) is 57.2 Å². The summed E-state index contributed by atoms with van der Waals surface area (Å²) in [6.07, 6.45) is 2.88. The van der Waals surface area contributed by atoms with E-state index < -0.39 is 17.3 Å². The van der Waals surface area contributed by atoms with Gasteiger partial charge in [0.25, 0.3) is 0 Å². The normalized spacial score (nSPS) is 13.2. The predicted octanol–water partition coefficient (Wildman–Crippen LogP) is -0.155. The zero-order valence-corrected chi connectivity index (χ0v) is 16.5. The summed E-state index contributed by atoms with van der Waals surface area (Å²) >= 11 is 2.19. The Morgan fingerprint density at radius 3 is 2.22 bits per heavy atom. The number of fused-ring (bicyclic) bond motifs is 1. The number of benzene rings is 2. The molecule has 0 aromatic heterocycles. The Bertz CT molecular complexity index is 836. The number of rotatable bonds is 3. The second-order valence-corrected chi connectivity index (χ2v) is 6.07. The third-order valence-corrected chi connectivity index (χ3v) is 4.13. The van der Waals surface area contributed by atoms with Gasteiger partial charge in [-0.3, -0.25) is 9.59 Å². The van der Waals surface area contributed by atoms with Gasteiger partial charge in [0.2, 0.25) is 0 Å². The van der Waals surface area contributed by atoms with Crippen LogP contribution < -0.4 is 34.7 Å². The molecule has 1 aliphatic rings. The van der Waals surface area contributed by atoms with Crippen LogP contribution >= 0.6 is 22.6 Å². The molecule has 0 atom stereocenters. The molecule has 0 amide bonds. The smallest absolute Gasteiger partial charge is 0.871 e. The van der Waals surface area contributed by atoms with Gasteiger partial charge in [-0.05, 0) is 51.9 Å². The fourth-order valence-corrected chi connectivity index (χ4v) is 2.66. The first-order valence-electron chi connectivity index (χ1n) is 6.61. The Kier molecular flexibility index (Phi) is 5.97. The average molecular weight is 424 g/mol. The van der Waals surface area contributed by atoms with Crippen molar-refractivity contribution in [3.8, 4) is 0 Å². The minimum atomic E-state index is -0.551. The fourth-order valence-electron chi connectivity index (χ4n) is 2.30. The molecule has 3 nitrogen and oxygen atoms in total. The molecule has 0 fully saturated rings. The molecular formula is C18H10INaO3. The van der Waals surface area contributed by atoms with E-state index in [9.17, 15) is 14.7 Å². The standard InChI is InChI=1S/C18H11IO3.Na/c19-12-8-5-11(6-9-12)7-10-15(20)16-17(21)13-3-1-2-4-14(13)18(16)22;/h1-10,21H;/q;+1/p-1. The summed E-state index contributed by atoms with van der Waals surface area (Å²) in [7, 11) is 0. The fraction of sp³-hybridized carbons (Fsp3) is 0. The van der Waals surface area contributed by atoms with Crippen LogP contribution in [0.3, 0.4) is 0 Å². The Morgan fingerprint density at radius 2 is 1.61 bits per heavy atom. The van der Waals surface area contributed by atoms with Crippen molar-refractivity contribution in [3.63, 3.8) is 0 Å². The third-order valence-electron chi connectivity index (χ3n) is 3.41.